The molecule has 0 aliphatic rings. The maximum absolute atomic E-state index is 12.8. The Hall–Kier alpha value is -3.59. The van der Waals surface area contributed by atoms with E-state index in [4.69, 9.17) is 24.3 Å². The van der Waals surface area contributed by atoms with Gasteiger partial charge in [-0.05, 0) is 103 Å². The zero-order valence-corrected chi connectivity index (χ0v) is 62.8. The molecule has 2 atom stereocenters. The Kier molecular flexibility index (Phi) is 76.4. The molecule has 9 nitrogen and oxygen atoms in total. The van der Waals surface area contributed by atoms with Crippen LogP contribution < -0.4 is 5.73 Å². The predicted molar refractivity (Wildman–Crippen MR) is 413 cm³/mol. The summed E-state index contributed by atoms with van der Waals surface area (Å²) in [4.78, 5) is 35.5. The van der Waals surface area contributed by atoms with Crippen LogP contribution in [0, 0.1) is 0 Å². The van der Waals surface area contributed by atoms with Crippen LogP contribution in [-0.2, 0) is 32.7 Å². The van der Waals surface area contributed by atoms with Gasteiger partial charge in [0.25, 0.3) is 0 Å². The molecule has 0 aromatic rings. The molecule has 0 aliphatic heterocycles. The first kappa shape index (κ1) is 91.4. The second-order valence-corrected chi connectivity index (χ2v) is 28.0. The molecule has 0 rings (SSSR count). The summed E-state index contributed by atoms with van der Waals surface area (Å²) < 4.78 is 33.3. The quantitative estimate of drug-likeness (QED) is 0.0264. The van der Waals surface area contributed by atoms with Crippen LogP contribution in [0.3, 0.4) is 0 Å². The maximum atomic E-state index is 12.8. The van der Waals surface area contributed by atoms with Gasteiger partial charge in [-0.1, -0.05) is 379 Å². The van der Waals surface area contributed by atoms with Gasteiger partial charge in [0.15, 0.2) is 6.10 Å². The normalized spacial score (nSPS) is 13.5. The molecular weight excluding hydrogens is 1190 g/mol. The lowest BCUT2D eigenvalue weighted by Gasteiger charge is -2.19. The third kappa shape index (κ3) is 79.3. The van der Waals surface area contributed by atoms with Crippen LogP contribution >= 0.6 is 7.82 Å². The van der Waals surface area contributed by atoms with E-state index in [0.717, 1.165) is 96.3 Å². The summed E-state index contributed by atoms with van der Waals surface area (Å²) >= 11 is 0. The Morgan fingerprint density at radius 1 is 0.316 bits per heavy atom. The van der Waals surface area contributed by atoms with Gasteiger partial charge in [0, 0.05) is 19.4 Å². The lowest BCUT2D eigenvalue weighted by molar-refractivity contribution is -0.161. The van der Waals surface area contributed by atoms with Crippen molar-refractivity contribution in [1.82, 2.24) is 0 Å². The number of phosphoric ester groups is 1. The SMILES string of the molecule is CC/C=C\C/C=C\C/C=C\C/C=C\C/C=C\CCCCCCCCCCCCCCCCCCCCCCCC(=O)OCC(COP(=O)(O)OCCN)OC(=O)CCCCCCCCCCCCCCCCCCCCCCC/C=C\C/C=C\C/C=C\C/C=C\C/C=C\CC. The zero-order chi connectivity index (χ0) is 68.6. The van der Waals surface area contributed by atoms with Crippen LogP contribution in [0.25, 0.3) is 0 Å². The fourth-order valence-electron chi connectivity index (χ4n) is 11.5. The van der Waals surface area contributed by atoms with Gasteiger partial charge in [0.1, 0.15) is 6.61 Å². The molecule has 0 aromatic carbocycles. The molecule has 0 saturated carbocycles. The van der Waals surface area contributed by atoms with Crippen molar-refractivity contribution in [2.75, 3.05) is 26.4 Å². The monoisotopic (exact) mass is 1340 g/mol. The summed E-state index contributed by atoms with van der Waals surface area (Å²) in [5.41, 5.74) is 5.42. The minimum atomic E-state index is -4.40. The Morgan fingerprint density at radius 3 is 0.811 bits per heavy atom. The van der Waals surface area contributed by atoms with E-state index in [2.05, 4.69) is 135 Å². The van der Waals surface area contributed by atoms with Gasteiger partial charge in [-0.3, -0.25) is 18.6 Å². The van der Waals surface area contributed by atoms with Crippen LogP contribution in [0.1, 0.15) is 373 Å². The van der Waals surface area contributed by atoms with E-state index in [1.165, 1.54) is 244 Å². The first-order chi connectivity index (χ1) is 46.8. The molecule has 3 N–H and O–H groups in total. The highest BCUT2D eigenvalue weighted by atomic mass is 31.2. The van der Waals surface area contributed by atoms with Crippen molar-refractivity contribution in [3.8, 4) is 0 Å². The number of ether oxygens (including phenoxy) is 2. The van der Waals surface area contributed by atoms with E-state index in [0.29, 0.717) is 6.42 Å². The van der Waals surface area contributed by atoms with Crippen molar-refractivity contribution in [2.24, 2.45) is 5.73 Å². The average molecular weight is 1350 g/mol. The minimum Gasteiger partial charge on any atom is -0.462 e. The van der Waals surface area contributed by atoms with Crippen molar-refractivity contribution in [3.63, 3.8) is 0 Å². The fraction of sp³-hybridized carbons (Fsp3) is 0.741. The van der Waals surface area contributed by atoms with Gasteiger partial charge in [0.05, 0.1) is 13.2 Å². The Balaban J connectivity index is 3.78. The molecule has 0 radical (unpaired) electrons. The molecule has 0 fully saturated rings. The van der Waals surface area contributed by atoms with Gasteiger partial charge in [0.2, 0.25) is 0 Å². The molecule has 0 amide bonds. The number of hydrogen-bond acceptors (Lipinski definition) is 8. The van der Waals surface area contributed by atoms with Crippen molar-refractivity contribution in [3.05, 3.63) is 122 Å². The summed E-state index contributed by atoms with van der Waals surface area (Å²) in [7, 11) is -4.40. The molecule has 0 aliphatic carbocycles. The third-order valence-corrected chi connectivity index (χ3v) is 18.3. The number of unbranched alkanes of at least 4 members (excludes halogenated alkanes) is 42. The highest BCUT2D eigenvalue weighted by Crippen LogP contribution is 2.43. The second-order valence-electron chi connectivity index (χ2n) is 26.5. The van der Waals surface area contributed by atoms with Crippen LogP contribution in [0.2, 0.25) is 0 Å². The second kappa shape index (κ2) is 79.4. The molecule has 0 saturated heterocycles. The lowest BCUT2D eigenvalue weighted by atomic mass is 10.0. The van der Waals surface area contributed by atoms with Gasteiger partial charge >= 0.3 is 19.8 Å². The number of phosphoric acid groups is 1. The molecule has 95 heavy (non-hydrogen) atoms. The number of carbonyl (C=O) groups excluding carboxylic acids is 2. The smallest absolute Gasteiger partial charge is 0.462 e. The number of esters is 2. The molecule has 0 aromatic heterocycles. The fourth-order valence-corrected chi connectivity index (χ4v) is 12.3. The lowest BCUT2D eigenvalue weighted by Crippen LogP contribution is -2.29. The molecule has 2 unspecified atom stereocenters. The van der Waals surface area contributed by atoms with Gasteiger partial charge in [-0.15, -0.1) is 0 Å². The number of rotatable bonds is 75. The molecular formula is C85H150NO8P. The maximum Gasteiger partial charge on any atom is 0.472 e. The largest absolute Gasteiger partial charge is 0.472 e. The summed E-state index contributed by atoms with van der Waals surface area (Å²) in [6.07, 6.45) is 112. The summed E-state index contributed by atoms with van der Waals surface area (Å²) in [6.45, 7) is 3.57. The highest BCUT2D eigenvalue weighted by Gasteiger charge is 2.26. The first-order valence-corrected chi connectivity index (χ1v) is 41.5. The molecule has 548 valence electrons. The van der Waals surface area contributed by atoms with Crippen molar-refractivity contribution < 1.29 is 37.6 Å². The standard InChI is InChI=1S/C85H150NO8P/c1-3-5-7-9-11-13-15-17-19-21-23-25-27-29-31-33-35-37-39-41-43-45-47-49-51-53-55-57-59-61-63-65-67-69-71-73-75-77-84(87)91-81-83(82-93-95(89,90)92-80-79-86)94-85(88)78-76-74-72-70-68-66-64-62-60-58-56-54-52-50-48-46-44-42-40-38-36-34-32-30-28-26-24-22-20-18-16-14-12-10-8-6-4-2/h5-8,11-14,17-20,23-26,29-32,83H,3-4,9-10,15-16,21-22,27-28,33-82,86H2,1-2H3,(H,89,90)/b7-5-,8-6-,13-11-,14-12-,19-17-,20-18-,25-23-,26-24-,31-29-,32-30-. The third-order valence-electron chi connectivity index (χ3n) is 17.3. The van der Waals surface area contributed by atoms with Gasteiger partial charge in [-0.25, -0.2) is 4.57 Å². The van der Waals surface area contributed by atoms with E-state index >= 15 is 0 Å². The Morgan fingerprint density at radius 2 is 0.547 bits per heavy atom. The first-order valence-electron chi connectivity index (χ1n) is 40.0. The van der Waals surface area contributed by atoms with E-state index in [-0.39, 0.29) is 38.6 Å². The number of hydrogen-bond donors (Lipinski definition) is 2. The summed E-state index contributed by atoms with van der Waals surface area (Å²) in [5.74, 6) is -0.811. The van der Waals surface area contributed by atoms with E-state index in [9.17, 15) is 19.0 Å². The highest BCUT2D eigenvalue weighted by molar-refractivity contribution is 7.47. The van der Waals surface area contributed by atoms with Crippen LogP contribution in [0.4, 0.5) is 0 Å². The minimum absolute atomic E-state index is 0.0526. The van der Waals surface area contributed by atoms with Crippen LogP contribution in [-0.4, -0.2) is 49.3 Å². The van der Waals surface area contributed by atoms with Crippen LogP contribution in [0.15, 0.2) is 122 Å². The van der Waals surface area contributed by atoms with Gasteiger partial charge < -0.3 is 20.1 Å². The van der Waals surface area contributed by atoms with Crippen molar-refractivity contribution >= 4 is 19.8 Å². The topological polar surface area (TPSA) is 134 Å². The number of nitrogens with two attached hydrogens (primary N) is 1. The Bertz CT molecular complexity index is 1980. The molecule has 0 heterocycles. The van der Waals surface area contributed by atoms with E-state index < -0.39 is 26.5 Å². The van der Waals surface area contributed by atoms with Gasteiger partial charge in [-0.2, -0.15) is 0 Å². The molecule has 0 spiro atoms. The van der Waals surface area contributed by atoms with Crippen LogP contribution in [0.5, 0.6) is 0 Å². The number of allylic oxidation sites excluding steroid dienone is 20. The summed E-state index contributed by atoms with van der Waals surface area (Å²) in [6, 6.07) is 0. The van der Waals surface area contributed by atoms with E-state index in [1.807, 2.05) is 0 Å². The van der Waals surface area contributed by atoms with E-state index in [1.54, 1.807) is 0 Å². The molecule has 10 heteroatoms. The predicted octanol–water partition coefficient (Wildman–Crippen LogP) is 27.0. The zero-order valence-electron chi connectivity index (χ0n) is 61.9. The average Bonchev–Trinajstić information content (AvgIpc) is 1.55. The Labute approximate surface area is 587 Å². The summed E-state index contributed by atoms with van der Waals surface area (Å²) in [5, 5.41) is 0. The number of carbonyl (C=O) groups is 2. The van der Waals surface area contributed by atoms with Crippen molar-refractivity contribution in [2.45, 2.75) is 380 Å². The molecule has 0 bridgehead atoms. The van der Waals surface area contributed by atoms with Crippen molar-refractivity contribution in [1.29, 1.82) is 0 Å².